The summed E-state index contributed by atoms with van der Waals surface area (Å²) < 4.78 is 6.89. The molecule has 1 atom stereocenters. The number of hydrogen-bond acceptors (Lipinski definition) is 6. The van der Waals surface area contributed by atoms with Gasteiger partial charge in [-0.15, -0.1) is 10.2 Å². The zero-order chi connectivity index (χ0) is 14.8. The van der Waals surface area contributed by atoms with Crippen LogP contribution in [0.1, 0.15) is 25.8 Å². The molecule has 2 heterocycles. The molecular weight excluding hydrogens is 288 g/mol. The fourth-order valence-electron chi connectivity index (χ4n) is 2.09. The molecule has 1 unspecified atom stereocenters. The molecule has 6 nitrogen and oxygen atoms in total. The van der Waals surface area contributed by atoms with Gasteiger partial charge in [-0.25, -0.2) is 0 Å². The molecule has 0 spiro atoms. The molecule has 1 saturated carbocycles. The van der Waals surface area contributed by atoms with Gasteiger partial charge in [-0.1, -0.05) is 11.8 Å². The monoisotopic (exact) mass is 304 g/mol. The molecule has 21 heavy (non-hydrogen) atoms. The number of ether oxygens (including phenoxy) is 1. The quantitative estimate of drug-likeness (QED) is 0.624. The number of esters is 1. The Labute approximate surface area is 126 Å². The minimum absolute atomic E-state index is 0.254. The molecule has 0 N–H and O–H groups in total. The molecule has 1 aliphatic rings. The molecule has 0 aliphatic heterocycles. The third kappa shape index (κ3) is 2.92. The summed E-state index contributed by atoms with van der Waals surface area (Å²) in [6, 6.07) is 4.26. The van der Waals surface area contributed by atoms with Crippen LogP contribution in [0.4, 0.5) is 0 Å². The second-order valence-electron chi connectivity index (χ2n) is 4.93. The Hall–Kier alpha value is -1.89. The summed E-state index contributed by atoms with van der Waals surface area (Å²) in [5.41, 5.74) is 0.988. The molecule has 2 aromatic rings. The number of nitrogens with zero attached hydrogens (tertiary/aromatic N) is 4. The topological polar surface area (TPSA) is 69.9 Å². The standard InChI is InChI=1S/C14H16N4O2S/c1-9(13(19)20-2)21-14-17-16-12(18(14)11-3-4-11)10-5-7-15-8-6-10/h5-9,11H,3-4H2,1-2H3. The minimum atomic E-state index is -0.304. The fraction of sp³-hybridized carbons (Fsp3) is 0.429. The summed E-state index contributed by atoms with van der Waals surface area (Å²) in [4.78, 5) is 15.6. The number of rotatable bonds is 5. The molecule has 110 valence electrons. The van der Waals surface area contributed by atoms with Crippen molar-refractivity contribution in [3.8, 4) is 11.4 Å². The summed E-state index contributed by atoms with van der Waals surface area (Å²) in [6.07, 6.45) is 5.73. The highest BCUT2D eigenvalue weighted by molar-refractivity contribution is 8.00. The van der Waals surface area contributed by atoms with Gasteiger partial charge in [-0.05, 0) is 31.9 Å². The highest BCUT2D eigenvalue weighted by atomic mass is 32.2. The maximum atomic E-state index is 11.6. The lowest BCUT2D eigenvalue weighted by molar-refractivity contribution is -0.139. The second kappa shape index (κ2) is 5.85. The van der Waals surface area contributed by atoms with Gasteiger partial charge < -0.3 is 4.74 Å². The Bertz CT molecular complexity index is 640. The Morgan fingerprint density at radius 2 is 2.10 bits per heavy atom. The first kappa shape index (κ1) is 14.1. The Kier molecular flexibility index (Phi) is 3.92. The summed E-state index contributed by atoms with van der Waals surface area (Å²) in [5.74, 6) is 0.579. The number of aromatic nitrogens is 4. The van der Waals surface area contributed by atoms with Crippen molar-refractivity contribution in [2.75, 3.05) is 7.11 Å². The van der Waals surface area contributed by atoms with E-state index >= 15 is 0 Å². The van der Waals surface area contributed by atoms with Gasteiger partial charge in [-0.2, -0.15) is 0 Å². The molecule has 0 saturated heterocycles. The number of carbonyl (C=O) groups excluding carboxylic acids is 1. The molecular formula is C14H16N4O2S. The highest BCUT2D eigenvalue weighted by Gasteiger charge is 2.31. The van der Waals surface area contributed by atoms with Crippen LogP contribution in [0.2, 0.25) is 0 Å². The second-order valence-corrected chi connectivity index (χ2v) is 6.23. The van der Waals surface area contributed by atoms with Gasteiger partial charge in [0.2, 0.25) is 0 Å². The molecule has 0 bridgehead atoms. The SMILES string of the molecule is COC(=O)C(C)Sc1nnc(-c2ccncc2)n1C1CC1. The maximum absolute atomic E-state index is 11.6. The number of hydrogen-bond donors (Lipinski definition) is 0. The number of carbonyl (C=O) groups is 1. The predicted molar refractivity (Wildman–Crippen MR) is 78.9 cm³/mol. The third-order valence-electron chi connectivity index (χ3n) is 3.33. The van der Waals surface area contributed by atoms with Crippen molar-refractivity contribution in [3.63, 3.8) is 0 Å². The fourth-order valence-corrected chi connectivity index (χ4v) is 3.04. The number of methoxy groups -OCH3 is 1. The van der Waals surface area contributed by atoms with E-state index in [9.17, 15) is 4.79 Å². The first-order chi connectivity index (χ1) is 10.2. The third-order valence-corrected chi connectivity index (χ3v) is 4.37. The minimum Gasteiger partial charge on any atom is -0.468 e. The predicted octanol–water partition coefficient (Wildman–Crippen LogP) is 2.33. The summed E-state index contributed by atoms with van der Waals surface area (Å²) in [7, 11) is 1.40. The van der Waals surface area contributed by atoms with E-state index in [1.54, 1.807) is 12.4 Å². The Morgan fingerprint density at radius 3 is 2.71 bits per heavy atom. The lowest BCUT2D eigenvalue weighted by atomic mass is 10.2. The highest BCUT2D eigenvalue weighted by Crippen LogP contribution is 2.41. The van der Waals surface area contributed by atoms with Crippen LogP contribution in [0.15, 0.2) is 29.7 Å². The van der Waals surface area contributed by atoms with Gasteiger partial charge in [0, 0.05) is 24.0 Å². The summed E-state index contributed by atoms with van der Waals surface area (Å²) in [5, 5.41) is 9.02. The lowest BCUT2D eigenvalue weighted by Crippen LogP contribution is -2.15. The Morgan fingerprint density at radius 1 is 1.38 bits per heavy atom. The van der Waals surface area contributed by atoms with Gasteiger partial charge in [0.15, 0.2) is 11.0 Å². The maximum Gasteiger partial charge on any atom is 0.318 e. The van der Waals surface area contributed by atoms with Crippen molar-refractivity contribution < 1.29 is 9.53 Å². The van der Waals surface area contributed by atoms with E-state index in [0.29, 0.717) is 6.04 Å². The van der Waals surface area contributed by atoms with Crippen LogP contribution in [-0.4, -0.2) is 38.1 Å². The molecule has 1 aliphatic carbocycles. The molecule has 0 radical (unpaired) electrons. The number of pyridine rings is 1. The van der Waals surface area contributed by atoms with Crippen LogP contribution < -0.4 is 0 Å². The van der Waals surface area contributed by atoms with Gasteiger partial charge in [0.05, 0.1) is 7.11 Å². The van der Waals surface area contributed by atoms with E-state index in [1.807, 2.05) is 19.1 Å². The van der Waals surface area contributed by atoms with Gasteiger partial charge >= 0.3 is 5.97 Å². The normalized spacial score (nSPS) is 15.7. The number of thioether (sulfide) groups is 1. The van der Waals surface area contributed by atoms with E-state index in [1.165, 1.54) is 18.9 Å². The Balaban J connectivity index is 1.92. The van der Waals surface area contributed by atoms with E-state index in [4.69, 9.17) is 4.74 Å². The molecule has 2 aromatic heterocycles. The van der Waals surface area contributed by atoms with Crippen molar-refractivity contribution in [3.05, 3.63) is 24.5 Å². The molecule has 7 heteroatoms. The van der Waals surface area contributed by atoms with Crippen molar-refractivity contribution in [1.29, 1.82) is 0 Å². The van der Waals surface area contributed by atoms with Crippen LogP contribution in [0.25, 0.3) is 11.4 Å². The zero-order valence-corrected chi connectivity index (χ0v) is 12.7. The summed E-state index contributed by atoms with van der Waals surface area (Å²) >= 11 is 1.39. The summed E-state index contributed by atoms with van der Waals surface area (Å²) in [6.45, 7) is 1.81. The average Bonchev–Trinajstić information content (AvgIpc) is 3.28. The van der Waals surface area contributed by atoms with Gasteiger partial charge in [0.25, 0.3) is 0 Å². The van der Waals surface area contributed by atoms with Gasteiger partial charge in [-0.3, -0.25) is 14.3 Å². The van der Waals surface area contributed by atoms with Gasteiger partial charge in [0.1, 0.15) is 5.25 Å². The van der Waals surface area contributed by atoms with Crippen LogP contribution >= 0.6 is 11.8 Å². The van der Waals surface area contributed by atoms with E-state index in [2.05, 4.69) is 19.7 Å². The van der Waals surface area contributed by atoms with Crippen molar-refractivity contribution in [2.45, 2.75) is 36.2 Å². The van der Waals surface area contributed by atoms with E-state index < -0.39 is 0 Å². The first-order valence-corrected chi connectivity index (χ1v) is 7.68. The molecule has 1 fully saturated rings. The van der Waals surface area contributed by atoms with Crippen LogP contribution in [0.5, 0.6) is 0 Å². The lowest BCUT2D eigenvalue weighted by Gasteiger charge is -2.11. The van der Waals surface area contributed by atoms with Crippen molar-refractivity contribution >= 4 is 17.7 Å². The average molecular weight is 304 g/mol. The van der Waals surface area contributed by atoms with E-state index in [0.717, 1.165) is 29.4 Å². The smallest absolute Gasteiger partial charge is 0.318 e. The van der Waals surface area contributed by atoms with Crippen LogP contribution in [-0.2, 0) is 9.53 Å². The van der Waals surface area contributed by atoms with Crippen LogP contribution in [0, 0.1) is 0 Å². The first-order valence-electron chi connectivity index (χ1n) is 6.80. The van der Waals surface area contributed by atoms with E-state index in [-0.39, 0.29) is 11.2 Å². The molecule has 0 amide bonds. The molecule has 0 aromatic carbocycles. The molecule has 3 rings (SSSR count). The van der Waals surface area contributed by atoms with Crippen molar-refractivity contribution in [1.82, 2.24) is 19.7 Å². The largest absolute Gasteiger partial charge is 0.468 e. The van der Waals surface area contributed by atoms with Crippen LogP contribution in [0.3, 0.4) is 0 Å². The zero-order valence-electron chi connectivity index (χ0n) is 11.9. The van der Waals surface area contributed by atoms with Crippen molar-refractivity contribution in [2.24, 2.45) is 0 Å².